The third kappa shape index (κ3) is 4.72. The number of sulfone groups is 1. The molecule has 2 aromatic carbocycles. The highest BCUT2D eigenvalue weighted by molar-refractivity contribution is 7.92. The number of amidine groups is 1. The molecule has 0 amide bonds. The highest BCUT2D eigenvalue weighted by Crippen LogP contribution is 2.19. The van der Waals surface area contributed by atoms with Crippen molar-refractivity contribution in [2.45, 2.75) is 10.3 Å². The van der Waals surface area contributed by atoms with Crippen LogP contribution in [0, 0.1) is 5.41 Å². The van der Waals surface area contributed by atoms with Gasteiger partial charge in [-0.1, -0.05) is 12.1 Å². The fourth-order valence-corrected chi connectivity index (χ4v) is 3.42. The third-order valence-electron chi connectivity index (χ3n) is 3.81. The van der Waals surface area contributed by atoms with Crippen molar-refractivity contribution in [2.75, 3.05) is 13.7 Å². The van der Waals surface area contributed by atoms with Gasteiger partial charge in [-0.05, 0) is 36.4 Å². The van der Waals surface area contributed by atoms with Crippen LogP contribution in [0.25, 0.3) is 0 Å². The molecule has 0 saturated heterocycles. The molecule has 0 heterocycles. The van der Waals surface area contributed by atoms with Gasteiger partial charge >= 0.3 is 5.97 Å². The van der Waals surface area contributed by atoms with E-state index in [9.17, 15) is 18.0 Å². The van der Waals surface area contributed by atoms with Crippen LogP contribution >= 0.6 is 0 Å². The zero-order valence-electron chi connectivity index (χ0n) is 14.9. The first-order valence-electron chi connectivity index (χ1n) is 7.94. The minimum absolute atomic E-state index is 0.0712. The number of ether oxygens (including phenoxy) is 2. The summed E-state index contributed by atoms with van der Waals surface area (Å²) in [6, 6.07) is 10.7. The molecule has 0 aliphatic carbocycles. The molecule has 0 saturated carbocycles. The Morgan fingerprint density at radius 1 is 1.04 bits per heavy atom. The Labute approximate surface area is 161 Å². The second-order valence-corrected chi connectivity index (χ2v) is 7.73. The molecule has 0 aromatic heterocycles. The van der Waals surface area contributed by atoms with Crippen LogP contribution in [0.3, 0.4) is 0 Å². The zero-order valence-corrected chi connectivity index (χ0v) is 15.7. The fourth-order valence-electron chi connectivity index (χ4n) is 2.19. The number of hydrogen-bond donors (Lipinski definition) is 3. The van der Waals surface area contributed by atoms with E-state index in [1.807, 2.05) is 0 Å². The van der Waals surface area contributed by atoms with E-state index in [-0.39, 0.29) is 22.9 Å². The van der Waals surface area contributed by atoms with Gasteiger partial charge in [-0.3, -0.25) is 10.2 Å². The number of esters is 1. The van der Waals surface area contributed by atoms with Gasteiger partial charge in [-0.15, -0.1) is 0 Å². The summed E-state index contributed by atoms with van der Waals surface area (Å²) in [5.41, 5.74) is 11.5. The maximum Gasteiger partial charge on any atom is 0.343 e. The minimum atomic E-state index is -4.14. The number of carbonyl (C=O) groups is 2. The number of methoxy groups -OCH3 is 1. The van der Waals surface area contributed by atoms with Crippen molar-refractivity contribution in [1.29, 1.82) is 5.41 Å². The van der Waals surface area contributed by atoms with Crippen molar-refractivity contribution >= 4 is 27.4 Å². The van der Waals surface area contributed by atoms with Gasteiger partial charge in [0.05, 0.1) is 12.0 Å². The summed E-state index contributed by atoms with van der Waals surface area (Å²) in [6.07, 6.45) is 0. The van der Waals surface area contributed by atoms with Crippen LogP contribution in [0.15, 0.2) is 53.4 Å². The Kier molecular flexibility index (Phi) is 6.49. The second-order valence-electron chi connectivity index (χ2n) is 5.66. The summed E-state index contributed by atoms with van der Waals surface area (Å²) >= 11 is 0. The van der Waals surface area contributed by atoms with E-state index < -0.39 is 27.0 Å². The second kappa shape index (κ2) is 8.63. The summed E-state index contributed by atoms with van der Waals surface area (Å²) in [5.74, 6) is -1.27. The average Bonchev–Trinajstić information content (AvgIpc) is 2.71. The molecular weight excluding hydrogens is 386 g/mol. The highest BCUT2D eigenvalue weighted by Gasteiger charge is 2.31. The van der Waals surface area contributed by atoms with E-state index in [2.05, 4.69) is 4.74 Å². The van der Waals surface area contributed by atoms with Crippen molar-refractivity contribution < 1.29 is 27.5 Å². The molecule has 28 heavy (non-hydrogen) atoms. The number of hydrogen-bond acceptors (Lipinski definition) is 8. The molecule has 0 aliphatic heterocycles. The van der Waals surface area contributed by atoms with Crippen LogP contribution in [-0.4, -0.2) is 45.1 Å². The number of benzene rings is 2. The number of Topliss-reactive ketones (excluding diaryl/α,β-unsaturated/α-hetero) is 1. The summed E-state index contributed by atoms with van der Waals surface area (Å²) in [7, 11) is -2.91. The molecule has 0 radical (unpaired) electrons. The third-order valence-corrected chi connectivity index (χ3v) is 5.62. The molecule has 0 spiro atoms. The number of ketones is 1. The average molecular weight is 405 g/mol. The lowest BCUT2D eigenvalue weighted by Crippen LogP contribution is -2.38. The van der Waals surface area contributed by atoms with Crippen molar-refractivity contribution in [1.82, 2.24) is 0 Å². The Morgan fingerprint density at radius 2 is 1.57 bits per heavy atom. The van der Waals surface area contributed by atoms with Crippen molar-refractivity contribution in [3.63, 3.8) is 0 Å². The molecule has 1 atom stereocenters. The number of nitrogens with one attached hydrogen (secondary N) is 1. The summed E-state index contributed by atoms with van der Waals surface area (Å²) in [5, 5.41) is 5.51. The predicted octanol–water partition coefficient (Wildman–Crippen LogP) is 0.464. The van der Waals surface area contributed by atoms with Gasteiger partial charge in [0.25, 0.3) is 0 Å². The summed E-state index contributed by atoms with van der Waals surface area (Å²) < 4.78 is 34.8. The van der Waals surface area contributed by atoms with Gasteiger partial charge in [0.15, 0.2) is 17.8 Å². The Hall–Kier alpha value is -3.24. The smallest absolute Gasteiger partial charge is 0.343 e. The topological polar surface area (TPSA) is 163 Å². The molecule has 148 valence electrons. The molecule has 5 N–H and O–H groups in total. The molecule has 0 fully saturated rings. The van der Waals surface area contributed by atoms with Crippen LogP contribution in [0.2, 0.25) is 0 Å². The molecule has 1 unspecified atom stereocenters. The molecule has 10 heteroatoms. The minimum Gasteiger partial charge on any atom is -0.482 e. The predicted molar refractivity (Wildman–Crippen MR) is 101 cm³/mol. The van der Waals surface area contributed by atoms with Gasteiger partial charge in [-0.2, -0.15) is 0 Å². The number of nitrogens with two attached hydrogens (primary N) is 2. The van der Waals surface area contributed by atoms with Gasteiger partial charge in [0, 0.05) is 11.1 Å². The number of rotatable bonds is 8. The van der Waals surface area contributed by atoms with E-state index in [1.165, 1.54) is 55.6 Å². The van der Waals surface area contributed by atoms with Gasteiger partial charge < -0.3 is 20.9 Å². The van der Waals surface area contributed by atoms with Crippen LogP contribution in [0.4, 0.5) is 0 Å². The first-order chi connectivity index (χ1) is 13.2. The molecular formula is C18H19N3O6S. The Bertz CT molecular complexity index is 985. The maximum absolute atomic E-state index is 12.6. The van der Waals surface area contributed by atoms with Crippen LogP contribution in [0.5, 0.6) is 5.75 Å². The van der Waals surface area contributed by atoms with E-state index in [0.29, 0.717) is 11.3 Å². The largest absolute Gasteiger partial charge is 0.482 e. The monoisotopic (exact) mass is 405 g/mol. The van der Waals surface area contributed by atoms with Gasteiger partial charge in [0.1, 0.15) is 11.6 Å². The van der Waals surface area contributed by atoms with E-state index in [0.717, 1.165) is 0 Å². The zero-order chi connectivity index (χ0) is 20.9. The summed E-state index contributed by atoms with van der Waals surface area (Å²) in [6.45, 7) is -0.298. The van der Waals surface area contributed by atoms with Gasteiger partial charge in [0.2, 0.25) is 9.84 Å². The SMILES string of the molecule is COC(=O)COc1ccc(C(=O)C(N)S(=O)(=O)c2ccc(C(=N)N)cc2)cc1. The fraction of sp³-hybridized carbons (Fsp3) is 0.167. The van der Waals surface area contributed by atoms with Crippen LogP contribution < -0.4 is 16.2 Å². The molecule has 0 bridgehead atoms. The van der Waals surface area contributed by atoms with Crippen molar-refractivity contribution in [3.05, 3.63) is 59.7 Å². The van der Waals surface area contributed by atoms with Crippen molar-refractivity contribution in [2.24, 2.45) is 11.5 Å². The first-order valence-corrected chi connectivity index (χ1v) is 9.49. The molecule has 2 aromatic rings. The Morgan fingerprint density at radius 3 is 2.07 bits per heavy atom. The van der Waals surface area contributed by atoms with Gasteiger partial charge in [-0.25, -0.2) is 13.2 Å². The van der Waals surface area contributed by atoms with E-state index in [4.69, 9.17) is 21.6 Å². The number of carbonyl (C=O) groups excluding carboxylic acids is 2. The molecule has 0 aliphatic rings. The van der Waals surface area contributed by atoms with E-state index in [1.54, 1.807) is 0 Å². The normalized spacial score (nSPS) is 12.1. The van der Waals surface area contributed by atoms with Crippen LogP contribution in [0.1, 0.15) is 15.9 Å². The quantitative estimate of drug-likeness (QED) is 0.247. The lowest BCUT2D eigenvalue weighted by Gasteiger charge is -2.13. The number of nitrogen functional groups attached to an aromatic ring is 1. The van der Waals surface area contributed by atoms with Crippen molar-refractivity contribution in [3.8, 4) is 5.75 Å². The molecule has 2 rings (SSSR count). The Balaban J connectivity index is 2.16. The standard InChI is InChI=1S/C18H19N3O6S/c1-26-15(22)10-27-13-6-2-11(3-7-13)16(23)18(21)28(24,25)14-8-4-12(5-9-14)17(19)20/h2-9,18H,10,21H2,1H3,(H3,19,20). The lowest BCUT2D eigenvalue weighted by atomic mass is 10.1. The maximum atomic E-state index is 12.6. The van der Waals surface area contributed by atoms with E-state index >= 15 is 0 Å². The molecule has 9 nitrogen and oxygen atoms in total. The summed E-state index contributed by atoms with van der Waals surface area (Å²) in [4.78, 5) is 23.4. The van der Waals surface area contributed by atoms with Crippen LogP contribution in [-0.2, 0) is 19.4 Å². The first kappa shape index (κ1) is 21.1. The lowest BCUT2D eigenvalue weighted by molar-refractivity contribution is -0.142. The highest BCUT2D eigenvalue weighted by atomic mass is 32.2.